The van der Waals surface area contributed by atoms with E-state index in [2.05, 4.69) is 176 Å². The lowest BCUT2D eigenvalue weighted by molar-refractivity contribution is 0.667. The van der Waals surface area contributed by atoms with E-state index in [0.717, 1.165) is 104 Å². The van der Waals surface area contributed by atoms with E-state index >= 15 is 0 Å². The summed E-state index contributed by atoms with van der Waals surface area (Å²) in [5, 5.41) is 8.95. The van der Waals surface area contributed by atoms with Crippen LogP contribution in [-0.4, -0.2) is 54.8 Å². The normalized spacial score (nSPS) is 10.6. The Morgan fingerprint density at radius 2 is 0.980 bits per heavy atom. The molecule has 0 spiro atoms. The number of hydrogen-bond acceptors (Lipinski definition) is 12. The van der Waals surface area contributed by atoms with Crippen molar-refractivity contribution in [3.05, 3.63) is 340 Å². The molecule has 0 aliphatic rings. The molecule has 0 amide bonds. The van der Waals surface area contributed by atoms with Crippen LogP contribution in [0, 0.1) is 13.8 Å². The van der Waals surface area contributed by atoms with Crippen molar-refractivity contribution >= 4 is 128 Å². The van der Waals surface area contributed by atoms with E-state index in [1.807, 2.05) is 146 Å². The van der Waals surface area contributed by atoms with Crippen LogP contribution in [0.25, 0.3) is 122 Å². The topological polar surface area (TPSA) is 155 Å². The fraction of sp³-hybridized carbons (Fsp3) is 0.0247. The van der Waals surface area contributed by atoms with Crippen LogP contribution in [0.5, 0.6) is 0 Å². The second-order valence-corrected chi connectivity index (χ2v) is 25.0. The molecule has 0 saturated carbocycles. The second-order valence-electron chi connectivity index (χ2n) is 22.1. The molecule has 0 aliphatic carbocycles. The standard InChI is InChI=1S/C22H15ClN2O.C18H11ClN2.C16H11BrN2.C16H11ClN2.C5H4ClN.C4H3ClN2/c1-12-9-13(2)11-15(10-12)19-21-20(25-22(23)24-19)18-16-6-4-3-5-14(16)7-8-17(18)26-21;19-18-20-16-8-4-3-7-15(16)17(21-18)14-10-9-12-5-1-2-6-13(12)11-14;17-15-9-13(12-4-3-6-18-11-12)8-14(10-15)16-5-1-2-7-19-16;17-14-11-18-16(13-9-5-2-6-10-13)19-15(14)12-7-3-1-4-8-12;6-5-2-1-3-7-4-5;5-4-1-6-3-7-2-4/h3-11H,1-2H3;1-11H;2*1-11H;1-4H;1-3H. The Bertz CT molecular complexity index is 5450. The number of para-hydroxylation sites is 1. The maximum Gasteiger partial charge on any atom is 0.223 e. The molecule has 0 bridgehead atoms. The number of halogens is 6. The molecule has 17 aromatic rings. The second kappa shape index (κ2) is 33.0. The molecule has 9 aromatic carbocycles. The van der Waals surface area contributed by atoms with E-state index in [4.69, 9.17) is 62.4 Å². The van der Waals surface area contributed by atoms with Gasteiger partial charge in [-0.15, -0.1) is 0 Å². The van der Waals surface area contributed by atoms with E-state index in [1.165, 1.54) is 40.6 Å². The summed E-state index contributed by atoms with van der Waals surface area (Å²) in [5.41, 5.74) is 16.1. The molecular weight excluding hydrogens is 1400 g/mol. The van der Waals surface area contributed by atoms with Gasteiger partial charge >= 0.3 is 0 Å². The van der Waals surface area contributed by atoms with Gasteiger partial charge in [0.15, 0.2) is 11.4 Å². The number of aryl methyl sites for hydroxylation is 2. The summed E-state index contributed by atoms with van der Waals surface area (Å²) in [5.74, 6) is 0.684. The minimum atomic E-state index is 0.224. The summed E-state index contributed by atoms with van der Waals surface area (Å²) in [7, 11) is 0. The van der Waals surface area contributed by atoms with Crippen molar-refractivity contribution in [2.75, 3.05) is 0 Å². The Morgan fingerprint density at radius 3 is 1.66 bits per heavy atom. The van der Waals surface area contributed by atoms with Gasteiger partial charge in [0.25, 0.3) is 0 Å². The smallest absolute Gasteiger partial charge is 0.223 e. The van der Waals surface area contributed by atoms with Crippen molar-refractivity contribution in [3.8, 4) is 67.5 Å². The van der Waals surface area contributed by atoms with Gasteiger partial charge in [0.1, 0.15) is 23.1 Å². The third kappa shape index (κ3) is 17.7. The number of nitrogens with zero attached hydrogens (tertiary/aromatic N) is 11. The SMILES string of the molecule is Brc1cc(-c2cccnc2)cc(-c2ccccn2)c1.Cc1cc(C)cc(-c2nc(Cl)nc3c2oc2ccc4ccccc4c23)c1.Clc1cccnc1.Clc1cnc(-c2ccccc2)nc1-c1ccccc1.Clc1cncnc1.Clc1nc(-c2ccc3ccccc3c2)c2ccccc2n1. The van der Waals surface area contributed by atoms with E-state index in [9.17, 15) is 0 Å². The molecule has 0 atom stereocenters. The van der Waals surface area contributed by atoms with Crippen molar-refractivity contribution < 1.29 is 4.42 Å². The number of fused-ring (bicyclic) bond motifs is 7. The van der Waals surface area contributed by atoms with Gasteiger partial charge in [0.05, 0.1) is 49.2 Å². The average molecular weight is 1460 g/mol. The summed E-state index contributed by atoms with van der Waals surface area (Å²) in [6.07, 6.45) is 14.9. The highest BCUT2D eigenvalue weighted by Gasteiger charge is 2.19. The first-order valence-electron chi connectivity index (χ1n) is 30.9. The number of furan rings is 1. The summed E-state index contributed by atoms with van der Waals surface area (Å²) in [4.78, 5) is 46.2. The molecule has 12 nitrogen and oxygen atoms in total. The molecule has 99 heavy (non-hydrogen) atoms. The predicted molar refractivity (Wildman–Crippen MR) is 409 cm³/mol. The van der Waals surface area contributed by atoms with Crippen molar-refractivity contribution in [2.45, 2.75) is 13.8 Å². The Hall–Kier alpha value is -10.7. The van der Waals surface area contributed by atoms with E-state index in [0.29, 0.717) is 26.5 Å². The number of pyridine rings is 3. The third-order valence-electron chi connectivity index (χ3n) is 15.1. The Kier molecular flexibility index (Phi) is 22.7. The summed E-state index contributed by atoms with van der Waals surface area (Å²) in [6, 6.07) is 80.6. The van der Waals surface area contributed by atoms with Crippen LogP contribution in [0.2, 0.25) is 25.6 Å². The molecular formula is C81H55BrCl5N11O. The lowest BCUT2D eigenvalue weighted by Gasteiger charge is -2.07. The first kappa shape index (κ1) is 68.2. The zero-order valence-corrected chi connectivity index (χ0v) is 58.3. The maximum atomic E-state index is 6.30. The van der Waals surface area contributed by atoms with Crippen molar-refractivity contribution in [1.29, 1.82) is 0 Å². The lowest BCUT2D eigenvalue weighted by Crippen LogP contribution is -1.92. The fourth-order valence-corrected chi connectivity index (χ4v) is 12.1. The minimum Gasteiger partial charge on any atom is -0.452 e. The van der Waals surface area contributed by atoms with Gasteiger partial charge in [-0.05, 0) is 143 Å². The fourth-order valence-electron chi connectivity index (χ4n) is 10.8. The highest BCUT2D eigenvalue weighted by Crippen LogP contribution is 2.39. The zero-order valence-electron chi connectivity index (χ0n) is 52.9. The van der Waals surface area contributed by atoms with Crippen LogP contribution in [0.1, 0.15) is 11.1 Å². The Morgan fingerprint density at radius 1 is 0.364 bits per heavy atom. The van der Waals surface area contributed by atoms with Crippen LogP contribution in [0.15, 0.2) is 307 Å². The first-order chi connectivity index (χ1) is 48.4. The molecule has 0 fully saturated rings. The molecule has 482 valence electrons. The Balaban J connectivity index is 0.000000118. The number of aromatic nitrogens is 11. The summed E-state index contributed by atoms with van der Waals surface area (Å²) >= 11 is 33.0. The third-order valence-corrected chi connectivity index (χ3v) is 16.6. The highest BCUT2D eigenvalue weighted by atomic mass is 79.9. The number of rotatable bonds is 6. The van der Waals surface area contributed by atoms with E-state index in [1.54, 1.807) is 43.1 Å². The van der Waals surface area contributed by atoms with Gasteiger partial charge in [-0.3, -0.25) is 15.0 Å². The number of benzene rings is 9. The molecule has 8 heterocycles. The lowest BCUT2D eigenvalue weighted by atomic mass is 10.0. The van der Waals surface area contributed by atoms with Crippen molar-refractivity contribution in [1.82, 2.24) is 54.8 Å². The molecule has 0 unspecified atom stereocenters. The highest BCUT2D eigenvalue weighted by molar-refractivity contribution is 9.10. The minimum absolute atomic E-state index is 0.224. The van der Waals surface area contributed by atoms with Gasteiger partial charge in [0, 0.05) is 86.6 Å². The van der Waals surface area contributed by atoms with E-state index in [-0.39, 0.29) is 10.6 Å². The number of hydrogen-bond donors (Lipinski definition) is 0. The molecule has 0 saturated heterocycles. The molecule has 8 aromatic heterocycles. The van der Waals surface area contributed by atoms with Gasteiger partial charge in [-0.1, -0.05) is 226 Å². The zero-order chi connectivity index (χ0) is 68.5. The molecule has 0 radical (unpaired) electrons. The maximum absolute atomic E-state index is 6.30. The van der Waals surface area contributed by atoms with E-state index < -0.39 is 0 Å². The van der Waals surface area contributed by atoms with Crippen LogP contribution < -0.4 is 0 Å². The average Bonchev–Trinajstić information content (AvgIpc) is 1.60. The van der Waals surface area contributed by atoms with Gasteiger partial charge in [-0.2, -0.15) is 0 Å². The largest absolute Gasteiger partial charge is 0.452 e. The summed E-state index contributed by atoms with van der Waals surface area (Å²) < 4.78 is 7.23. The molecule has 0 aliphatic heterocycles. The summed E-state index contributed by atoms with van der Waals surface area (Å²) in [6.45, 7) is 4.14. The van der Waals surface area contributed by atoms with Gasteiger partial charge in [-0.25, -0.2) is 39.9 Å². The van der Waals surface area contributed by atoms with Gasteiger partial charge < -0.3 is 4.42 Å². The van der Waals surface area contributed by atoms with Crippen LogP contribution >= 0.6 is 73.9 Å². The van der Waals surface area contributed by atoms with Crippen LogP contribution in [0.3, 0.4) is 0 Å². The quantitative estimate of drug-likeness (QED) is 0.146. The predicted octanol–water partition coefficient (Wildman–Crippen LogP) is 23.5. The molecule has 18 heteroatoms. The molecule has 0 N–H and O–H groups in total. The first-order valence-corrected chi connectivity index (χ1v) is 33.5. The van der Waals surface area contributed by atoms with Crippen molar-refractivity contribution in [3.63, 3.8) is 0 Å². The van der Waals surface area contributed by atoms with Crippen LogP contribution in [-0.2, 0) is 0 Å². The van der Waals surface area contributed by atoms with Crippen LogP contribution in [0.4, 0.5) is 0 Å². The monoisotopic (exact) mass is 1450 g/mol. The van der Waals surface area contributed by atoms with Crippen molar-refractivity contribution in [2.24, 2.45) is 0 Å². The van der Waals surface area contributed by atoms with Gasteiger partial charge in [0.2, 0.25) is 10.6 Å². The Labute approximate surface area is 604 Å². The molecule has 17 rings (SSSR count).